The fourth-order valence-electron chi connectivity index (χ4n) is 5.96. The molecular weight excluding hydrogens is 575 g/mol. The molecule has 16 heteroatoms. The quantitative estimate of drug-likeness (QED) is 0.493. The number of rotatable bonds is 3. The smallest absolute Gasteiger partial charge is 0.475 e. The van der Waals surface area contributed by atoms with Crippen molar-refractivity contribution in [3.05, 3.63) is 41.2 Å². The van der Waals surface area contributed by atoms with Gasteiger partial charge in [-0.2, -0.15) is 13.2 Å². The number of nitrogens with one attached hydrogen (secondary N) is 1. The minimum absolute atomic E-state index is 0.105. The lowest BCUT2D eigenvalue weighted by Crippen LogP contribution is -2.60. The van der Waals surface area contributed by atoms with Crippen molar-refractivity contribution in [2.75, 3.05) is 19.6 Å². The molecule has 0 spiro atoms. The maximum Gasteiger partial charge on any atom is 0.490 e. The Labute approximate surface area is 243 Å². The van der Waals surface area contributed by atoms with Crippen molar-refractivity contribution in [3.63, 3.8) is 0 Å². The number of carboxylic acid groups (broad SMARTS) is 1. The molecule has 3 unspecified atom stereocenters. The summed E-state index contributed by atoms with van der Waals surface area (Å²) in [5, 5.41) is 17.8. The number of carbonyl (C=O) groups is 5. The molecule has 13 nitrogen and oxygen atoms in total. The van der Waals surface area contributed by atoms with E-state index in [9.17, 15) is 32.3 Å². The third kappa shape index (κ3) is 6.23. The van der Waals surface area contributed by atoms with Crippen molar-refractivity contribution in [2.24, 2.45) is 0 Å². The molecule has 4 aliphatic heterocycles. The summed E-state index contributed by atoms with van der Waals surface area (Å²) in [6.45, 7) is 5.07. The number of hydrogen-bond donors (Lipinski definition) is 2. The largest absolute Gasteiger partial charge is 0.490 e. The van der Waals surface area contributed by atoms with Crippen molar-refractivity contribution >= 4 is 29.6 Å². The second kappa shape index (κ2) is 11.7. The molecule has 0 saturated carbocycles. The Hall–Kier alpha value is -4.34. The number of nitrogens with zero attached hydrogens (tertiary/aromatic N) is 6. The van der Waals surface area contributed by atoms with Crippen LogP contribution in [0.5, 0.6) is 0 Å². The number of benzene rings is 1. The predicted octanol–water partition coefficient (Wildman–Crippen LogP) is 1.36. The number of carboxylic acids is 1. The van der Waals surface area contributed by atoms with Gasteiger partial charge >= 0.3 is 12.1 Å². The highest BCUT2D eigenvalue weighted by Gasteiger charge is 2.40. The third-order valence-electron chi connectivity index (χ3n) is 8.18. The molecule has 6 rings (SSSR count). The minimum atomic E-state index is -5.08. The predicted molar refractivity (Wildman–Crippen MR) is 141 cm³/mol. The van der Waals surface area contributed by atoms with Crippen LogP contribution in [0.1, 0.15) is 65.4 Å². The van der Waals surface area contributed by atoms with Crippen LogP contribution in [0.3, 0.4) is 0 Å². The monoisotopic (exact) mass is 605 g/mol. The molecule has 0 radical (unpaired) electrons. The number of piperidine rings is 2. The molecule has 1 aromatic heterocycles. The van der Waals surface area contributed by atoms with Gasteiger partial charge in [0.1, 0.15) is 6.04 Å². The molecule has 0 aliphatic carbocycles. The SMILES string of the molecule is CC1CN2CCCCC2CN1C(=O)c1cn(-c2ccc3c(c2)C(=O)N(C2CCC(=O)NC2=O)C3)nn1.O=C(O)C(F)(F)F. The van der Waals surface area contributed by atoms with Gasteiger partial charge in [-0.15, -0.1) is 5.10 Å². The van der Waals surface area contributed by atoms with Crippen LogP contribution in [0, 0.1) is 0 Å². The number of aromatic nitrogens is 3. The second-order valence-corrected chi connectivity index (χ2v) is 11.0. The maximum atomic E-state index is 13.3. The average molecular weight is 606 g/mol. The van der Waals surface area contributed by atoms with Crippen molar-refractivity contribution < 1.29 is 42.3 Å². The summed E-state index contributed by atoms with van der Waals surface area (Å²) in [7, 11) is 0. The van der Waals surface area contributed by atoms with E-state index in [4.69, 9.17) is 9.90 Å². The summed E-state index contributed by atoms with van der Waals surface area (Å²) < 4.78 is 33.2. The Morgan fingerprint density at radius 2 is 1.84 bits per heavy atom. The van der Waals surface area contributed by atoms with Crippen LogP contribution in [-0.2, 0) is 20.9 Å². The van der Waals surface area contributed by atoms with E-state index in [-0.39, 0.29) is 35.9 Å². The van der Waals surface area contributed by atoms with Gasteiger partial charge in [-0.25, -0.2) is 9.48 Å². The number of halogens is 3. The van der Waals surface area contributed by atoms with Gasteiger partial charge < -0.3 is 14.9 Å². The number of imide groups is 1. The van der Waals surface area contributed by atoms with E-state index in [2.05, 4.69) is 27.5 Å². The van der Waals surface area contributed by atoms with Gasteiger partial charge in [-0.3, -0.25) is 29.4 Å². The molecular formula is C27H30F3N7O6. The number of amides is 4. The molecule has 4 amide bonds. The van der Waals surface area contributed by atoms with E-state index in [1.54, 1.807) is 12.3 Å². The zero-order valence-corrected chi connectivity index (χ0v) is 23.2. The maximum absolute atomic E-state index is 13.3. The summed E-state index contributed by atoms with van der Waals surface area (Å²) >= 11 is 0. The Balaban J connectivity index is 0.000000472. The van der Waals surface area contributed by atoms with Gasteiger partial charge in [0.25, 0.3) is 11.8 Å². The van der Waals surface area contributed by atoms with Crippen LogP contribution in [0.2, 0.25) is 0 Å². The lowest BCUT2D eigenvalue weighted by Gasteiger charge is -2.47. The second-order valence-electron chi connectivity index (χ2n) is 11.0. The standard InChI is InChI=1S/C25H29N7O4.C2HF3O2/c1-15-11-29-9-3-2-4-18(29)13-30(15)25(36)20-14-32(28-27-20)17-6-5-16-12-31(24(35)19(16)10-17)21-7-8-22(33)26-23(21)34;3-2(4,5)1(6)7/h5-6,10,14-15,18,21H,2-4,7-9,11-13H2,1H3,(H,26,33,34);(H,6,7). The van der Waals surface area contributed by atoms with Gasteiger partial charge in [0.05, 0.1) is 11.9 Å². The fraction of sp³-hybridized carbons (Fsp3) is 0.519. The Kier molecular flexibility index (Phi) is 8.23. The zero-order chi connectivity index (χ0) is 31.1. The number of carbonyl (C=O) groups excluding carboxylic acids is 4. The van der Waals surface area contributed by atoms with Gasteiger partial charge in [0, 0.05) is 43.7 Å². The molecule has 1 aromatic carbocycles. The number of aliphatic carboxylic acids is 1. The average Bonchev–Trinajstić information content (AvgIpc) is 3.57. The highest BCUT2D eigenvalue weighted by molar-refractivity contribution is 6.05. The molecule has 3 fully saturated rings. The minimum Gasteiger partial charge on any atom is -0.475 e. The van der Waals surface area contributed by atoms with E-state index in [1.165, 1.54) is 22.4 Å². The summed E-state index contributed by atoms with van der Waals surface area (Å²) in [5.41, 5.74) is 2.19. The summed E-state index contributed by atoms with van der Waals surface area (Å²) in [4.78, 5) is 65.0. The molecule has 230 valence electrons. The van der Waals surface area contributed by atoms with E-state index in [0.717, 1.165) is 25.1 Å². The van der Waals surface area contributed by atoms with Crippen LogP contribution >= 0.6 is 0 Å². The van der Waals surface area contributed by atoms with Gasteiger partial charge in [-0.05, 0) is 50.4 Å². The Morgan fingerprint density at radius 1 is 1.09 bits per heavy atom. The number of hydrogen-bond acceptors (Lipinski definition) is 8. The van der Waals surface area contributed by atoms with Crippen LogP contribution < -0.4 is 5.32 Å². The Bertz CT molecular complexity index is 1460. The first-order valence-electron chi connectivity index (χ1n) is 13.9. The molecule has 4 aliphatic rings. The lowest BCUT2D eigenvalue weighted by atomic mass is 9.97. The number of piperazine rings is 1. The van der Waals surface area contributed by atoms with Crippen LogP contribution in [-0.4, -0.2) is 108 Å². The topological polar surface area (TPSA) is 158 Å². The summed E-state index contributed by atoms with van der Waals surface area (Å²) in [5.74, 6) is -3.88. The van der Waals surface area contributed by atoms with Crippen molar-refractivity contribution in [3.8, 4) is 5.69 Å². The first-order chi connectivity index (χ1) is 20.3. The number of alkyl halides is 3. The molecule has 2 N–H and O–H groups in total. The molecule has 3 saturated heterocycles. The molecule has 43 heavy (non-hydrogen) atoms. The van der Waals surface area contributed by atoms with Crippen LogP contribution in [0.25, 0.3) is 5.69 Å². The van der Waals surface area contributed by atoms with Gasteiger partial charge in [0.15, 0.2) is 5.69 Å². The molecule has 0 bridgehead atoms. The summed E-state index contributed by atoms with van der Waals surface area (Å²) in [6, 6.07) is 5.23. The van der Waals surface area contributed by atoms with Crippen molar-refractivity contribution in [2.45, 2.75) is 69.9 Å². The highest BCUT2D eigenvalue weighted by Crippen LogP contribution is 2.29. The van der Waals surface area contributed by atoms with Crippen LogP contribution in [0.15, 0.2) is 24.4 Å². The summed E-state index contributed by atoms with van der Waals surface area (Å²) in [6.07, 6.45) is 0.598. The molecule has 5 heterocycles. The molecule has 3 atom stereocenters. The van der Waals surface area contributed by atoms with Crippen molar-refractivity contribution in [1.29, 1.82) is 0 Å². The highest BCUT2D eigenvalue weighted by atomic mass is 19.4. The van der Waals surface area contributed by atoms with E-state index < -0.39 is 24.1 Å². The van der Waals surface area contributed by atoms with E-state index in [1.807, 2.05) is 17.0 Å². The number of fused-ring (bicyclic) bond motifs is 2. The first kappa shape index (κ1) is 30.1. The third-order valence-corrected chi connectivity index (χ3v) is 8.18. The van der Waals surface area contributed by atoms with E-state index >= 15 is 0 Å². The Morgan fingerprint density at radius 3 is 2.53 bits per heavy atom. The van der Waals surface area contributed by atoms with E-state index in [0.29, 0.717) is 36.8 Å². The molecule has 2 aromatic rings. The lowest BCUT2D eigenvalue weighted by molar-refractivity contribution is -0.192. The van der Waals surface area contributed by atoms with Crippen LogP contribution in [0.4, 0.5) is 13.2 Å². The first-order valence-corrected chi connectivity index (χ1v) is 13.9. The normalized spacial score (nSPS) is 24.1. The van der Waals surface area contributed by atoms with Gasteiger partial charge in [-0.1, -0.05) is 17.7 Å². The zero-order valence-electron chi connectivity index (χ0n) is 23.2. The fourth-order valence-corrected chi connectivity index (χ4v) is 5.96. The van der Waals surface area contributed by atoms with Gasteiger partial charge in [0.2, 0.25) is 11.8 Å². The van der Waals surface area contributed by atoms with Crippen molar-refractivity contribution in [1.82, 2.24) is 35.0 Å².